The van der Waals surface area contributed by atoms with E-state index in [1.807, 2.05) is 128 Å². The molecule has 0 atom stereocenters. The van der Waals surface area contributed by atoms with Crippen LogP contribution in [0.3, 0.4) is 0 Å². The van der Waals surface area contributed by atoms with Crippen molar-refractivity contribution in [2.45, 2.75) is 26.9 Å². The Morgan fingerprint density at radius 2 is 1.66 bits per heavy atom. The van der Waals surface area contributed by atoms with Gasteiger partial charge in [-0.1, -0.05) is 36.4 Å². The fourth-order valence-electron chi connectivity index (χ4n) is 6.60. The smallest absolute Gasteiger partial charge is 0.242 e. The predicted molar refractivity (Wildman–Crippen MR) is 228 cm³/mol. The molecule has 1 amide bonds. The van der Waals surface area contributed by atoms with Gasteiger partial charge >= 0.3 is 0 Å². The molecule has 5 heterocycles. The Morgan fingerprint density at radius 3 is 2.43 bits per heavy atom. The van der Waals surface area contributed by atoms with E-state index in [0.717, 1.165) is 99.2 Å². The normalized spacial score (nSPS) is 12.8. The molecule has 4 aromatic heterocycles. The predicted octanol–water partition coefficient (Wildman–Crippen LogP) is 8.85. The van der Waals surface area contributed by atoms with E-state index in [4.69, 9.17) is 28.8 Å². The molecule has 1 aliphatic heterocycles. The molecule has 8 rings (SSSR count). The lowest BCUT2D eigenvalue weighted by molar-refractivity contribution is -0.117. The Hall–Kier alpha value is -6.41. The number of likely N-dealkylation sites (N-methyl/N-ethyl adjacent to an activating group) is 1. The number of aromatic nitrogens is 4. The highest BCUT2D eigenvalue weighted by atomic mass is 32.1. The summed E-state index contributed by atoms with van der Waals surface area (Å²) < 4.78 is 17.6. The molecule has 7 aromatic rings. The van der Waals surface area contributed by atoms with Gasteiger partial charge < -0.3 is 29.4 Å². The number of hydrogen-bond donors (Lipinski definition) is 2. The van der Waals surface area contributed by atoms with Crippen molar-refractivity contribution in [1.29, 1.82) is 0 Å². The van der Waals surface area contributed by atoms with Gasteiger partial charge in [-0.15, -0.1) is 11.3 Å². The highest BCUT2D eigenvalue weighted by molar-refractivity contribution is 7.13. The Balaban J connectivity index is 0.833. The van der Waals surface area contributed by atoms with Crippen molar-refractivity contribution in [2.24, 2.45) is 0 Å². The molecule has 0 bridgehead atoms. The first-order chi connectivity index (χ1) is 28.3. The third kappa shape index (κ3) is 9.40. The minimum atomic E-state index is -0.0917. The number of rotatable bonds is 14. The summed E-state index contributed by atoms with van der Waals surface area (Å²) in [6.07, 6.45) is 3.59. The van der Waals surface area contributed by atoms with Gasteiger partial charge in [0.05, 0.1) is 49.1 Å². The summed E-state index contributed by atoms with van der Waals surface area (Å²) in [6, 6.07) is 31.8. The number of carbonyl (C=O) groups is 1. The minimum Gasteiger partial charge on any atom is -0.441 e. The van der Waals surface area contributed by atoms with E-state index >= 15 is 0 Å². The molecule has 1 aliphatic rings. The van der Waals surface area contributed by atoms with Crippen LogP contribution in [-0.2, 0) is 22.6 Å². The number of hydrogen-bond acceptors (Lipinski definition) is 12. The van der Waals surface area contributed by atoms with Crippen molar-refractivity contribution in [2.75, 3.05) is 55.4 Å². The van der Waals surface area contributed by atoms with Crippen LogP contribution in [0.2, 0.25) is 0 Å². The van der Waals surface area contributed by atoms with Crippen molar-refractivity contribution in [1.82, 2.24) is 24.8 Å². The van der Waals surface area contributed by atoms with E-state index < -0.39 is 0 Å². The molecule has 1 saturated heterocycles. The van der Waals surface area contributed by atoms with Gasteiger partial charge in [0.2, 0.25) is 17.7 Å². The van der Waals surface area contributed by atoms with Crippen LogP contribution < -0.4 is 20.3 Å². The largest absolute Gasteiger partial charge is 0.441 e. The van der Waals surface area contributed by atoms with Crippen molar-refractivity contribution in [3.63, 3.8) is 0 Å². The molecule has 12 nitrogen and oxygen atoms in total. The molecule has 0 radical (unpaired) electrons. The third-order valence-corrected chi connectivity index (χ3v) is 10.7. The zero-order chi connectivity index (χ0) is 39.8. The number of nitrogens with zero attached hydrogens (tertiary/aromatic N) is 6. The molecule has 3 aromatic carbocycles. The first-order valence-corrected chi connectivity index (χ1v) is 20.0. The molecule has 294 valence electrons. The number of ether oxygens (including phenoxy) is 2. The standard InChI is InChI=1S/C45H44N8O4S/c1-30-7-4-5-9-41(30)57-44-38(8-6-20-46-44)48-26-36-29-58-45(50-36)39-19-14-34(25-47-39)32-10-12-33(13-11-32)43-51-40(31(2)56-43)27-52(3)28-42(54)49-35-15-17-37(18-16-35)53-21-23-55-24-22-53/h4-20,25,29,48H,21-24,26-28H2,1-3H3,(H,49,54). The number of pyridine rings is 2. The second-order valence-electron chi connectivity index (χ2n) is 14.1. The van der Waals surface area contributed by atoms with Crippen LogP contribution in [0.25, 0.3) is 33.3 Å². The Kier molecular flexibility index (Phi) is 11.8. The average Bonchev–Trinajstić information content (AvgIpc) is 3.88. The number of oxazole rings is 1. The molecule has 1 fully saturated rings. The number of anilines is 3. The Bertz CT molecular complexity index is 2460. The summed E-state index contributed by atoms with van der Waals surface area (Å²) in [4.78, 5) is 35.9. The van der Waals surface area contributed by atoms with E-state index in [9.17, 15) is 4.79 Å². The lowest BCUT2D eigenvalue weighted by Crippen LogP contribution is -2.36. The van der Waals surface area contributed by atoms with Crippen LogP contribution >= 0.6 is 11.3 Å². The zero-order valence-electron chi connectivity index (χ0n) is 32.6. The van der Waals surface area contributed by atoms with E-state index in [0.29, 0.717) is 24.9 Å². The topological polar surface area (TPSA) is 131 Å². The first-order valence-electron chi connectivity index (χ1n) is 19.2. The van der Waals surface area contributed by atoms with Gasteiger partial charge in [0.15, 0.2) is 0 Å². The van der Waals surface area contributed by atoms with Gasteiger partial charge in [0.25, 0.3) is 0 Å². The number of nitrogens with one attached hydrogen (secondary N) is 2. The van der Waals surface area contributed by atoms with E-state index in [1.54, 1.807) is 17.5 Å². The number of amides is 1. The average molecular weight is 793 g/mol. The van der Waals surface area contributed by atoms with Crippen LogP contribution in [0, 0.1) is 13.8 Å². The third-order valence-electron chi connectivity index (χ3n) is 9.78. The number of para-hydroxylation sites is 1. The van der Waals surface area contributed by atoms with Crippen molar-refractivity contribution in [3.8, 4) is 44.9 Å². The van der Waals surface area contributed by atoms with E-state index in [-0.39, 0.29) is 12.5 Å². The molecule has 13 heteroatoms. The lowest BCUT2D eigenvalue weighted by Gasteiger charge is -2.28. The van der Waals surface area contributed by atoms with Crippen molar-refractivity contribution >= 4 is 34.3 Å². The second-order valence-corrected chi connectivity index (χ2v) is 15.0. The van der Waals surface area contributed by atoms with Gasteiger partial charge in [-0.2, -0.15) is 0 Å². The van der Waals surface area contributed by atoms with Gasteiger partial charge in [0, 0.05) is 59.9 Å². The number of carbonyl (C=O) groups excluding carboxylic acids is 1. The summed E-state index contributed by atoms with van der Waals surface area (Å²) in [5.41, 5.74) is 9.11. The molecule has 58 heavy (non-hydrogen) atoms. The van der Waals surface area contributed by atoms with Crippen LogP contribution in [0.15, 0.2) is 119 Å². The maximum atomic E-state index is 12.8. The zero-order valence-corrected chi connectivity index (χ0v) is 33.5. The van der Waals surface area contributed by atoms with Gasteiger partial charge in [-0.3, -0.25) is 14.7 Å². The Labute approximate surface area is 341 Å². The molecule has 2 N–H and O–H groups in total. The highest BCUT2D eigenvalue weighted by Crippen LogP contribution is 2.31. The van der Waals surface area contributed by atoms with Gasteiger partial charge in [-0.05, 0) is 92.7 Å². The molecule has 0 spiro atoms. The summed E-state index contributed by atoms with van der Waals surface area (Å²) in [5.74, 6) is 2.46. The summed E-state index contributed by atoms with van der Waals surface area (Å²) in [7, 11) is 1.90. The summed E-state index contributed by atoms with van der Waals surface area (Å²) in [5, 5.41) is 9.30. The van der Waals surface area contributed by atoms with Crippen LogP contribution in [0.1, 0.15) is 22.7 Å². The molecular weight excluding hydrogens is 749 g/mol. The van der Waals surface area contributed by atoms with Crippen LogP contribution in [0.5, 0.6) is 11.6 Å². The Morgan fingerprint density at radius 1 is 0.879 bits per heavy atom. The summed E-state index contributed by atoms with van der Waals surface area (Å²) >= 11 is 1.56. The van der Waals surface area contributed by atoms with E-state index in [1.165, 1.54) is 0 Å². The number of thiazole rings is 1. The lowest BCUT2D eigenvalue weighted by atomic mass is 10.1. The number of morpholine rings is 1. The molecule has 0 unspecified atom stereocenters. The highest BCUT2D eigenvalue weighted by Gasteiger charge is 2.17. The van der Waals surface area contributed by atoms with Crippen LogP contribution in [-0.4, -0.2) is 70.6 Å². The fraction of sp³-hybridized carbons (Fsp3) is 0.222. The van der Waals surface area contributed by atoms with Crippen molar-refractivity contribution < 1.29 is 18.7 Å². The van der Waals surface area contributed by atoms with Crippen LogP contribution in [0.4, 0.5) is 17.1 Å². The SMILES string of the molecule is Cc1ccccc1Oc1ncccc1NCc1csc(-c2ccc(-c3ccc(-c4nc(CN(C)CC(=O)Nc5ccc(N6CCOCC6)cc5)c(C)o4)cc3)cn2)n1. The summed E-state index contributed by atoms with van der Waals surface area (Å²) in [6.45, 7) is 8.32. The monoisotopic (exact) mass is 792 g/mol. The maximum absolute atomic E-state index is 12.8. The fourth-order valence-corrected chi connectivity index (χ4v) is 7.40. The van der Waals surface area contributed by atoms with Gasteiger partial charge in [-0.25, -0.2) is 15.0 Å². The molecule has 0 aliphatic carbocycles. The second kappa shape index (κ2) is 17.8. The van der Waals surface area contributed by atoms with Crippen molar-refractivity contribution in [3.05, 3.63) is 138 Å². The quantitative estimate of drug-likeness (QED) is 0.110. The molecular formula is C45H44N8O4S. The van der Waals surface area contributed by atoms with Gasteiger partial charge in [0.1, 0.15) is 16.5 Å². The minimum absolute atomic E-state index is 0.0917. The maximum Gasteiger partial charge on any atom is 0.242 e. The molecule has 0 saturated carbocycles. The number of aryl methyl sites for hydroxylation is 2. The first kappa shape index (κ1) is 38.5. The van der Waals surface area contributed by atoms with E-state index in [2.05, 4.69) is 26.6 Å². The number of benzene rings is 3.